The van der Waals surface area contributed by atoms with Gasteiger partial charge in [0.2, 0.25) is 0 Å². The lowest BCUT2D eigenvalue weighted by Gasteiger charge is -2.43. The minimum atomic E-state index is -1.50. The van der Waals surface area contributed by atoms with E-state index in [1.807, 2.05) is 0 Å². The predicted octanol–water partition coefficient (Wildman–Crippen LogP) is 1.72. The first kappa shape index (κ1) is 12.0. The molecular weight excluding hydrogens is 228 g/mol. The zero-order chi connectivity index (χ0) is 12.8. The fourth-order valence-electron chi connectivity index (χ4n) is 2.42. The summed E-state index contributed by atoms with van der Waals surface area (Å²) in [4.78, 5) is 11.3. The Balaban J connectivity index is 2.59. The zero-order valence-electron chi connectivity index (χ0n) is 9.34. The molecule has 5 heteroatoms. The van der Waals surface area contributed by atoms with E-state index in [1.165, 1.54) is 13.0 Å². The highest BCUT2D eigenvalue weighted by Crippen LogP contribution is 2.45. The maximum Gasteiger partial charge on any atom is 0.314 e. The van der Waals surface area contributed by atoms with Gasteiger partial charge in [-0.2, -0.15) is 0 Å². The number of carboxylic acid groups (broad SMARTS) is 1. The molecular formula is C12H13F2NO2. The number of halogens is 2. The molecule has 17 heavy (non-hydrogen) atoms. The lowest BCUT2D eigenvalue weighted by atomic mass is 9.61. The topological polar surface area (TPSA) is 63.3 Å². The van der Waals surface area contributed by atoms with Gasteiger partial charge in [-0.15, -0.1) is 0 Å². The number of hydrogen-bond donors (Lipinski definition) is 2. The Morgan fingerprint density at radius 2 is 2.06 bits per heavy atom. The number of benzene rings is 1. The van der Waals surface area contributed by atoms with E-state index in [2.05, 4.69) is 0 Å². The summed E-state index contributed by atoms with van der Waals surface area (Å²) in [6.07, 6.45) is 0.138. The van der Waals surface area contributed by atoms with E-state index in [9.17, 15) is 18.7 Å². The van der Waals surface area contributed by atoms with Crippen molar-refractivity contribution in [3.63, 3.8) is 0 Å². The van der Waals surface area contributed by atoms with Gasteiger partial charge in [0.05, 0.1) is 0 Å². The van der Waals surface area contributed by atoms with Crippen molar-refractivity contribution in [2.45, 2.75) is 31.2 Å². The van der Waals surface area contributed by atoms with Gasteiger partial charge >= 0.3 is 5.97 Å². The molecule has 0 radical (unpaired) electrons. The van der Waals surface area contributed by atoms with Crippen LogP contribution in [0.15, 0.2) is 12.1 Å². The number of nitrogens with two attached hydrogens (primary N) is 1. The van der Waals surface area contributed by atoms with Gasteiger partial charge < -0.3 is 10.8 Å². The number of aryl methyl sites for hydroxylation is 1. The number of rotatable bonds is 2. The van der Waals surface area contributed by atoms with Crippen LogP contribution in [0.5, 0.6) is 0 Å². The molecule has 0 aromatic heterocycles. The molecule has 0 unspecified atom stereocenters. The van der Waals surface area contributed by atoms with Crippen LogP contribution in [0.2, 0.25) is 0 Å². The summed E-state index contributed by atoms with van der Waals surface area (Å²) in [6, 6.07) is 2.08. The lowest BCUT2D eigenvalue weighted by molar-refractivity contribution is -0.148. The Hall–Kier alpha value is -1.49. The molecule has 3 nitrogen and oxygen atoms in total. The predicted molar refractivity (Wildman–Crippen MR) is 57.6 cm³/mol. The second-order valence-electron chi connectivity index (χ2n) is 4.61. The summed E-state index contributed by atoms with van der Waals surface area (Å²) >= 11 is 0. The highest BCUT2D eigenvalue weighted by molar-refractivity contribution is 5.83. The molecule has 0 atom stereocenters. The first-order valence-electron chi connectivity index (χ1n) is 5.32. The minimum Gasteiger partial charge on any atom is -0.481 e. The molecule has 0 saturated heterocycles. The van der Waals surface area contributed by atoms with Crippen molar-refractivity contribution in [3.8, 4) is 0 Å². The van der Waals surface area contributed by atoms with Crippen LogP contribution in [0.1, 0.15) is 24.0 Å². The van der Waals surface area contributed by atoms with Gasteiger partial charge in [0.15, 0.2) is 0 Å². The zero-order valence-corrected chi connectivity index (χ0v) is 9.34. The third-order valence-corrected chi connectivity index (χ3v) is 3.39. The van der Waals surface area contributed by atoms with Gasteiger partial charge in [0.1, 0.15) is 17.0 Å². The summed E-state index contributed by atoms with van der Waals surface area (Å²) in [5.41, 5.74) is 3.94. The van der Waals surface area contributed by atoms with Crippen LogP contribution < -0.4 is 5.73 Å². The minimum absolute atomic E-state index is 0.0691. The molecule has 1 fully saturated rings. The van der Waals surface area contributed by atoms with Crippen LogP contribution in [0, 0.1) is 18.6 Å². The maximum absolute atomic E-state index is 13.9. The normalized spacial score (nSPS) is 27.6. The number of hydrogen-bond acceptors (Lipinski definition) is 2. The third kappa shape index (κ3) is 1.61. The average molecular weight is 241 g/mol. The Morgan fingerprint density at radius 3 is 2.53 bits per heavy atom. The molecule has 1 aliphatic rings. The Bertz CT molecular complexity index is 482. The molecule has 0 spiro atoms. The lowest BCUT2D eigenvalue weighted by Crippen LogP contribution is -2.55. The van der Waals surface area contributed by atoms with Gasteiger partial charge in [-0.3, -0.25) is 4.79 Å². The average Bonchev–Trinajstić information content (AvgIpc) is 2.20. The quantitative estimate of drug-likeness (QED) is 0.828. The Labute approximate surface area is 97.2 Å². The van der Waals surface area contributed by atoms with Gasteiger partial charge in [-0.1, -0.05) is 6.07 Å². The maximum atomic E-state index is 13.9. The largest absolute Gasteiger partial charge is 0.481 e. The van der Waals surface area contributed by atoms with E-state index in [-0.39, 0.29) is 30.0 Å². The molecule has 1 aliphatic carbocycles. The van der Waals surface area contributed by atoms with Crippen LogP contribution in [0.3, 0.4) is 0 Å². The van der Waals surface area contributed by atoms with Crippen molar-refractivity contribution in [1.29, 1.82) is 0 Å². The van der Waals surface area contributed by atoms with Crippen LogP contribution in [0.4, 0.5) is 8.78 Å². The number of aliphatic carboxylic acids is 1. The van der Waals surface area contributed by atoms with E-state index >= 15 is 0 Å². The van der Waals surface area contributed by atoms with E-state index in [4.69, 9.17) is 5.73 Å². The van der Waals surface area contributed by atoms with Crippen LogP contribution in [0.25, 0.3) is 0 Å². The molecule has 0 heterocycles. The van der Waals surface area contributed by atoms with Gasteiger partial charge in [-0.25, -0.2) is 8.78 Å². The molecule has 1 saturated carbocycles. The van der Waals surface area contributed by atoms with Crippen molar-refractivity contribution < 1.29 is 18.7 Å². The second-order valence-corrected chi connectivity index (χ2v) is 4.61. The molecule has 0 amide bonds. The van der Waals surface area contributed by atoms with E-state index in [0.717, 1.165) is 6.07 Å². The van der Waals surface area contributed by atoms with Crippen molar-refractivity contribution in [1.82, 2.24) is 0 Å². The molecule has 1 aromatic carbocycles. The fourth-order valence-corrected chi connectivity index (χ4v) is 2.42. The molecule has 0 aliphatic heterocycles. The molecule has 0 bridgehead atoms. The third-order valence-electron chi connectivity index (χ3n) is 3.39. The molecule has 92 valence electrons. The van der Waals surface area contributed by atoms with Crippen LogP contribution in [-0.4, -0.2) is 17.1 Å². The standard InChI is InChI=1S/C12H13F2NO2/c1-6-2-3-8(13)9(10(6)14)12(11(16)17)4-7(15)5-12/h2-3,7H,4-5,15H2,1H3,(H,16,17). The van der Waals surface area contributed by atoms with Gasteiger partial charge in [0.25, 0.3) is 0 Å². The Kier molecular flexibility index (Phi) is 2.66. The van der Waals surface area contributed by atoms with Crippen LogP contribution >= 0.6 is 0 Å². The summed E-state index contributed by atoms with van der Waals surface area (Å²) < 4.78 is 27.6. The summed E-state index contributed by atoms with van der Waals surface area (Å²) in [5.74, 6) is -2.82. The van der Waals surface area contributed by atoms with Crippen molar-refractivity contribution in [2.75, 3.05) is 0 Å². The summed E-state index contributed by atoms with van der Waals surface area (Å²) in [5, 5.41) is 9.21. The van der Waals surface area contributed by atoms with E-state index in [0.29, 0.717) is 0 Å². The first-order chi connectivity index (χ1) is 7.88. The smallest absolute Gasteiger partial charge is 0.314 e. The number of carboxylic acids is 1. The summed E-state index contributed by atoms with van der Waals surface area (Å²) in [7, 11) is 0. The molecule has 3 N–H and O–H groups in total. The van der Waals surface area contributed by atoms with Crippen molar-refractivity contribution >= 4 is 5.97 Å². The highest BCUT2D eigenvalue weighted by atomic mass is 19.1. The van der Waals surface area contributed by atoms with Crippen molar-refractivity contribution in [3.05, 3.63) is 34.9 Å². The summed E-state index contributed by atoms with van der Waals surface area (Å²) in [6.45, 7) is 1.48. The monoisotopic (exact) mass is 241 g/mol. The molecule has 2 rings (SSSR count). The molecule has 1 aromatic rings. The highest BCUT2D eigenvalue weighted by Gasteiger charge is 2.53. The SMILES string of the molecule is Cc1ccc(F)c(C2(C(=O)O)CC(N)C2)c1F. The Morgan fingerprint density at radius 1 is 1.47 bits per heavy atom. The van der Waals surface area contributed by atoms with Crippen molar-refractivity contribution in [2.24, 2.45) is 5.73 Å². The van der Waals surface area contributed by atoms with Gasteiger partial charge in [-0.05, 0) is 31.4 Å². The second kappa shape index (κ2) is 3.77. The van der Waals surface area contributed by atoms with Gasteiger partial charge in [0, 0.05) is 11.6 Å². The van der Waals surface area contributed by atoms with E-state index < -0.39 is 23.0 Å². The van der Waals surface area contributed by atoms with Crippen LogP contribution in [-0.2, 0) is 10.2 Å². The van der Waals surface area contributed by atoms with E-state index in [1.54, 1.807) is 0 Å². The first-order valence-corrected chi connectivity index (χ1v) is 5.32. The number of carbonyl (C=O) groups is 1. The fraction of sp³-hybridized carbons (Fsp3) is 0.417.